The Balaban J connectivity index is 1.25. The van der Waals surface area contributed by atoms with E-state index in [0.29, 0.717) is 0 Å². The van der Waals surface area contributed by atoms with Gasteiger partial charge in [-0.05, 0) is 41.8 Å². The lowest BCUT2D eigenvalue weighted by Gasteiger charge is -2.20. The van der Waals surface area contributed by atoms with Crippen LogP contribution < -0.4 is 10.2 Å². The molecule has 0 aromatic heterocycles. The molecule has 3 atom stereocenters. The zero-order valence-corrected chi connectivity index (χ0v) is 13.4. The van der Waals surface area contributed by atoms with Crippen LogP contribution in [-0.2, 0) is 20.6 Å². The molecular formula is C19H20N2O3. The molecule has 1 N–H and O–H groups in total. The van der Waals surface area contributed by atoms with Gasteiger partial charge in [-0.25, -0.2) is 0 Å². The highest BCUT2D eigenvalue weighted by molar-refractivity contribution is 5.51. The van der Waals surface area contributed by atoms with E-state index in [0.717, 1.165) is 31.9 Å². The molecular weight excluding hydrogens is 304 g/mol. The average molecular weight is 324 g/mol. The third kappa shape index (κ3) is 3.24. The van der Waals surface area contributed by atoms with Crippen molar-refractivity contribution in [2.24, 2.45) is 0 Å². The second-order valence-corrected chi connectivity index (χ2v) is 6.49. The molecule has 24 heavy (non-hydrogen) atoms. The highest BCUT2D eigenvalue weighted by Crippen LogP contribution is 2.32. The third-order valence-electron chi connectivity index (χ3n) is 4.51. The maximum absolute atomic E-state index is 5.43. The van der Waals surface area contributed by atoms with Crippen LogP contribution in [0.1, 0.15) is 11.1 Å². The highest BCUT2D eigenvalue weighted by Gasteiger charge is 2.41. The van der Waals surface area contributed by atoms with E-state index in [9.17, 15) is 0 Å². The molecule has 5 nitrogen and oxygen atoms in total. The Morgan fingerprint density at radius 2 is 1.33 bits per heavy atom. The summed E-state index contributed by atoms with van der Waals surface area (Å²) < 4.78 is 16.0. The fourth-order valence-corrected chi connectivity index (χ4v) is 2.98. The van der Waals surface area contributed by atoms with Crippen LogP contribution in [0.5, 0.6) is 0 Å². The fraction of sp³-hybridized carbons (Fsp3) is 0.368. The Labute approximate surface area is 141 Å². The highest BCUT2D eigenvalue weighted by atomic mass is 16.6. The third-order valence-corrected chi connectivity index (χ3v) is 4.51. The Bertz CT molecular complexity index is 692. The zero-order chi connectivity index (χ0) is 15.9. The van der Waals surface area contributed by atoms with Gasteiger partial charge in [0.2, 0.25) is 0 Å². The first-order valence-corrected chi connectivity index (χ1v) is 8.43. The topological polar surface area (TPSA) is 52.9 Å². The monoisotopic (exact) mass is 324 g/mol. The van der Waals surface area contributed by atoms with E-state index in [1.165, 1.54) is 16.8 Å². The predicted molar refractivity (Wildman–Crippen MR) is 91.0 cm³/mol. The van der Waals surface area contributed by atoms with E-state index < -0.39 is 0 Å². The fourth-order valence-electron chi connectivity index (χ4n) is 2.98. The molecule has 0 bridgehead atoms. The van der Waals surface area contributed by atoms with Gasteiger partial charge in [-0.15, -0.1) is 0 Å². The molecule has 3 aliphatic heterocycles. The Kier molecular flexibility index (Phi) is 3.43. The lowest BCUT2D eigenvalue weighted by Crippen LogP contribution is -2.29. The summed E-state index contributed by atoms with van der Waals surface area (Å²) >= 11 is 0. The Morgan fingerprint density at radius 3 is 1.83 bits per heavy atom. The number of benzene rings is 2. The summed E-state index contributed by atoms with van der Waals surface area (Å²) in [6.07, 6.45) is 1.52. The minimum Gasteiger partial charge on any atom is -0.358 e. The first kappa shape index (κ1) is 14.3. The second kappa shape index (κ2) is 5.77. The van der Waals surface area contributed by atoms with Gasteiger partial charge in [-0.3, -0.25) is 0 Å². The van der Waals surface area contributed by atoms with Crippen molar-refractivity contribution in [1.82, 2.24) is 0 Å². The van der Waals surface area contributed by atoms with Crippen molar-refractivity contribution in [2.75, 3.05) is 30.0 Å². The van der Waals surface area contributed by atoms with Crippen molar-refractivity contribution in [3.63, 3.8) is 0 Å². The number of anilines is 2. The molecule has 124 valence electrons. The number of nitrogens with one attached hydrogen (secondary N) is 1. The first-order valence-electron chi connectivity index (χ1n) is 8.43. The molecule has 0 saturated carbocycles. The van der Waals surface area contributed by atoms with Crippen molar-refractivity contribution >= 4 is 11.4 Å². The van der Waals surface area contributed by atoms with Gasteiger partial charge in [0.15, 0.2) is 18.7 Å². The minimum absolute atomic E-state index is 0.193. The van der Waals surface area contributed by atoms with E-state index >= 15 is 0 Å². The van der Waals surface area contributed by atoms with Gasteiger partial charge in [0, 0.05) is 11.4 Å². The number of hydrogen-bond donors (Lipinski definition) is 1. The molecule has 5 rings (SSSR count). The largest absolute Gasteiger partial charge is 0.358 e. The van der Waals surface area contributed by atoms with Crippen LogP contribution in [0.15, 0.2) is 48.5 Å². The second-order valence-electron chi connectivity index (χ2n) is 6.49. The van der Waals surface area contributed by atoms with Crippen molar-refractivity contribution < 1.29 is 14.2 Å². The summed E-state index contributed by atoms with van der Waals surface area (Å²) in [5.74, 6) is 0. The normalized spacial score (nSPS) is 26.8. The van der Waals surface area contributed by atoms with E-state index in [-0.39, 0.29) is 18.7 Å². The SMILES string of the molecule is c1cc(NC2CO2)ccc1Cc1ccc(N(C2CO2)C2CO2)cc1. The lowest BCUT2D eigenvalue weighted by molar-refractivity contribution is 0.344. The van der Waals surface area contributed by atoms with E-state index in [1.807, 2.05) is 0 Å². The van der Waals surface area contributed by atoms with E-state index in [4.69, 9.17) is 14.2 Å². The predicted octanol–water partition coefficient (Wildman–Crippen LogP) is 2.56. The van der Waals surface area contributed by atoms with Crippen LogP contribution in [0.2, 0.25) is 0 Å². The van der Waals surface area contributed by atoms with Crippen molar-refractivity contribution in [1.29, 1.82) is 0 Å². The van der Waals surface area contributed by atoms with Crippen LogP contribution in [0.3, 0.4) is 0 Å². The molecule has 3 saturated heterocycles. The van der Waals surface area contributed by atoms with Crippen LogP contribution in [0, 0.1) is 0 Å². The minimum atomic E-state index is 0.193. The molecule has 5 heteroatoms. The van der Waals surface area contributed by atoms with Crippen LogP contribution >= 0.6 is 0 Å². The number of ether oxygens (including phenoxy) is 3. The first-order chi connectivity index (χ1) is 11.8. The molecule has 0 aliphatic carbocycles. The van der Waals surface area contributed by atoms with Crippen LogP contribution in [-0.4, -0.2) is 38.5 Å². The quantitative estimate of drug-likeness (QED) is 0.793. The summed E-state index contributed by atoms with van der Waals surface area (Å²) in [6, 6.07) is 17.3. The molecule has 3 unspecified atom stereocenters. The van der Waals surface area contributed by atoms with Gasteiger partial charge in [0.05, 0.1) is 19.8 Å². The lowest BCUT2D eigenvalue weighted by atomic mass is 10.0. The van der Waals surface area contributed by atoms with Crippen molar-refractivity contribution in [2.45, 2.75) is 25.1 Å². The van der Waals surface area contributed by atoms with E-state index in [1.54, 1.807) is 0 Å². The van der Waals surface area contributed by atoms with Gasteiger partial charge in [-0.1, -0.05) is 24.3 Å². The summed E-state index contributed by atoms with van der Waals surface area (Å²) in [6.45, 7) is 2.41. The Morgan fingerprint density at radius 1 is 0.792 bits per heavy atom. The Hall–Kier alpha value is -2.08. The number of nitrogens with zero attached hydrogens (tertiary/aromatic N) is 1. The maximum atomic E-state index is 5.43. The molecule has 3 aliphatic rings. The van der Waals surface area contributed by atoms with Gasteiger partial charge in [-0.2, -0.15) is 0 Å². The van der Waals surface area contributed by atoms with Gasteiger partial charge in [0.1, 0.15) is 0 Å². The molecule has 0 radical (unpaired) electrons. The molecule has 2 aromatic rings. The molecule has 2 aromatic carbocycles. The standard InChI is InChI=1S/C19H20N2O3/c1-5-15(20-17-10-22-17)6-2-13(1)9-14-3-7-16(8-4-14)21(18-11-23-18)19-12-24-19/h1-8,17-20H,9-12H2. The molecule has 3 fully saturated rings. The van der Waals surface area contributed by atoms with Crippen molar-refractivity contribution in [3.05, 3.63) is 59.7 Å². The van der Waals surface area contributed by atoms with Crippen LogP contribution in [0.4, 0.5) is 11.4 Å². The molecule has 3 heterocycles. The number of rotatable bonds is 7. The van der Waals surface area contributed by atoms with Gasteiger partial charge >= 0.3 is 0 Å². The molecule has 0 spiro atoms. The number of hydrogen-bond acceptors (Lipinski definition) is 5. The van der Waals surface area contributed by atoms with Gasteiger partial charge < -0.3 is 24.4 Å². The van der Waals surface area contributed by atoms with Crippen molar-refractivity contribution in [3.8, 4) is 0 Å². The summed E-state index contributed by atoms with van der Waals surface area (Å²) in [7, 11) is 0. The average Bonchev–Trinajstić information content (AvgIpc) is 3.46. The summed E-state index contributed by atoms with van der Waals surface area (Å²) in [5.41, 5.74) is 4.89. The summed E-state index contributed by atoms with van der Waals surface area (Å²) in [4.78, 5) is 2.23. The van der Waals surface area contributed by atoms with E-state index in [2.05, 4.69) is 58.7 Å². The smallest absolute Gasteiger partial charge is 0.156 e. The summed E-state index contributed by atoms with van der Waals surface area (Å²) in [5, 5.41) is 3.31. The van der Waals surface area contributed by atoms with Crippen LogP contribution in [0.25, 0.3) is 0 Å². The molecule has 0 amide bonds. The van der Waals surface area contributed by atoms with Gasteiger partial charge in [0.25, 0.3) is 0 Å². The zero-order valence-electron chi connectivity index (χ0n) is 13.4. The number of epoxide rings is 3. The maximum Gasteiger partial charge on any atom is 0.156 e.